The Morgan fingerprint density at radius 2 is 1.57 bits per heavy atom. The minimum Gasteiger partial charge on any atom is -0.462 e. The third-order valence-corrected chi connectivity index (χ3v) is 7.36. The number of benzene rings is 2. The molecular weight excluding hydrogens is 545 g/mol. The number of halogens is 7. The van der Waals surface area contributed by atoms with Gasteiger partial charge >= 0.3 is 12.3 Å². The topological polar surface area (TPSA) is 36.9 Å². The van der Waals surface area contributed by atoms with Crippen molar-refractivity contribution in [2.45, 2.75) is 64.0 Å². The SMILES string of the molecule is CCCC1CCC(C2COC(c3ccc(C(F)(F)Oc4ccc(O/C=C/C(F)(F)F)c(F)c4)c(F)c3)OC2)CC1. The summed E-state index contributed by atoms with van der Waals surface area (Å²) < 4.78 is 116. The highest BCUT2D eigenvalue weighted by atomic mass is 19.4. The minimum absolute atomic E-state index is 0.211. The molecule has 1 heterocycles. The van der Waals surface area contributed by atoms with E-state index in [0.29, 0.717) is 25.2 Å². The molecule has 1 aliphatic heterocycles. The van der Waals surface area contributed by atoms with Crippen LogP contribution in [0.3, 0.4) is 0 Å². The average molecular weight is 577 g/mol. The van der Waals surface area contributed by atoms with Gasteiger partial charge < -0.3 is 18.9 Å². The summed E-state index contributed by atoms with van der Waals surface area (Å²) in [6.07, 6.45) is -2.72. The van der Waals surface area contributed by atoms with Crippen LogP contribution >= 0.6 is 0 Å². The lowest BCUT2D eigenvalue weighted by Gasteiger charge is -2.38. The summed E-state index contributed by atoms with van der Waals surface area (Å²) in [5, 5.41) is 0. The van der Waals surface area contributed by atoms with Crippen LogP contribution in [-0.2, 0) is 15.6 Å². The van der Waals surface area contributed by atoms with Crippen molar-refractivity contribution >= 4 is 0 Å². The van der Waals surface area contributed by atoms with Gasteiger partial charge in [-0.3, -0.25) is 0 Å². The lowest BCUT2D eigenvalue weighted by Crippen LogP contribution is -2.34. The van der Waals surface area contributed by atoms with Gasteiger partial charge in [0.25, 0.3) is 0 Å². The van der Waals surface area contributed by atoms with Crippen LogP contribution in [0.15, 0.2) is 48.7 Å². The third-order valence-electron chi connectivity index (χ3n) is 7.36. The lowest BCUT2D eigenvalue weighted by atomic mass is 9.75. The van der Waals surface area contributed by atoms with Gasteiger partial charge in [0, 0.05) is 17.5 Å². The molecule has 1 saturated carbocycles. The van der Waals surface area contributed by atoms with Gasteiger partial charge in [-0.2, -0.15) is 22.0 Å². The first-order valence-electron chi connectivity index (χ1n) is 13.3. The largest absolute Gasteiger partial charge is 0.462 e. The van der Waals surface area contributed by atoms with Crippen molar-refractivity contribution in [2.75, 3.05) is 13.2 Å². The Bertz CT molecular complexity index is 1150. The van der Waals surface area contributed by atoms with Crippen LogP contribution in [0.4, 0.5) is 30.7 Å². The van der Waals surface area contributed by atoms with Crippen LogP contribution in [0.25, 0.3) is 0 Å². The number of ether oxygens (including phenoxy) is 4. The standard InChI is InChI=1S/C29H31F7O4/c1-2-3-18-4-6-19(7-5-18)21-16-38-27(39-17-21)20-8-10-23(24(30)14-20)29(35,36)40-22-9-11-26(25(31)15-22)37-13-12-28(32,33)34/h8-15,18-19,21,27H,2-7,16-17H2,1H3/b13-12+. The first-order chi connectivity index (χ1) is 18.9. The van der Waals surface area contributed by atoms with E-state index in [1.54, 1.807) is 0 Å². The number of alkyl halides is 5. The first-order valence-corrected chi connectivity index (χ1v) is 13.3. The number of rotatable bonds is 9. The van der Waals surface area contributed by atoms with Gasteiger partial charge in [0.15, 0.2) is 17.9 Å². The molecule has 1 aliphatic carbocycles. The van der Waals surface area contributed by atoms with E-state index >= 15 is 0 Å². The zero-order chi connectivity index (χ0) is 28.9. The summed E-state index contributed by atoms with van der Waals surface area (Å²) in [5.74, 6) is -2.34. The maximum absolute atomic E-state index is 14.8. The quantitative estimate of drug-likeness (QED) is 0.221. The summed E-state index contributed by atoms with van der Waals surface area (Å²) in [5.41, 5.74) is -0.857. The van der Waals surface area contributed by atoms with Crippen molar-refractivity contribution in [1.29, 1.82) is 0 Å². The smallest absolute Gasteiger partial charge is 0.429 e. The van der Waals surface area contributed by atoms with Crippen LogP contribution < -0.4 is 9.47 Å². The Hall–Kier alpha value is -2.79. The monoisotopic (exact) mass is 576 g/mol. The molecule has 2 aliphatic rings. The van der Waals surface area contributed by atoms with Crippen molar-refractivity contribution in [1.82, 2.24) is 0 Å². The second-order valence-corrected chi connectivity index (χ2v) is 10.2. The predicted octanol–water partition coefficient (Wildman–Crippen LogP) is 8.82. The van der Waals surface area contributed by atoms with E-state index in [2.05, 4.69) is 16.4 Å². The second-order valence-electron chi connectivity index (χ2n) is 10.2. The van der Waals surface area contributed by atoms with Gasteiger partial charge in [-0.15, -0.1) is 0 Å². The zero-order valence-electron chi connectivity index (χ0n) is 21.9. The first kappa shape index (κ1) is 30.2. The maximum atomic E-state index is 14.8. The molecule has 0 bridgehead atoms. The number of hydrogen-bond acceptors (Lipinski definition) is 4. The number of hydrogen-bond donors (Lipinski definition) is 0. The van der Waals surface area contributed by atoms with Gasteiger partial charge in [0.05, 0.1) is 31.1 Å². The van der Waals surface area contributed by atoms with Crippen LogP contribution in [0, 0.1) is 29.4 Å². The summed E-state index contributed by atoms with van der Waals surface area (Å²) >= 11 is 0. The third kappa shape index (κ3) is 7.90. The molecule has 0 atom stereocenters. The second kappa shape index (κ2) is 12.8. The molecule has 0 amide bonds. The van der Waals surface area contributed by atoms with E-state index in [9.17, 15) is 30.7 Å². The molecule has 1 saturated heterocycles. The molecule has 40 heavy (non-hydrogen) atoms. The molecule has 4 rings (SSSR count). The van der Waals surface area contributed by atoms with E-state index in [4.69, 9.17) is 9.47 Å². The fourth-order valence-corrected chi connectivity index (χ4v) is 5.28. The van der Waals surface area contributed by atoms with Crippen LogP contribution in [0.2, 0.25) is 0 Å². The van der Waals surface area contributed by atoms with Crippen molar-refractivity contribution < 1.29 is 49.7 Å². The Balaban J connectivity index is 1.34. The molecule has 2 aromatic rings. The van der Waals surface area contributed by atoms with Gasteiger partial charge in [-0.05, 0) is 48.9 Å². The molecule has 4 nitrogen and oxygen atoms in total. The van der Waals surface area contributed by atoms with E-state index in [1.165, 1.54) is 31.7 Å². The molecule has 2 fully saturated rings. The average Bonchev–Trinajstić information content (AvgIpc) is 2.89. The van der Waals surface area contributed by atoms with Crippen LogP contribution in [0.1, 0.15) is 62.9 Å². The maximum Gasteiger partial charge on any atom is 0.429 e. The van der Waals surface area contributed by atoms with Crippen molar-refractivity contribution in [3.8, 4) is 11.5 Å². The highest BCUT2D eigenvalue weighted by molar-refractivity contribution is 5.35. The summed E-state index contributed by atoms with van der Waals surface area (Å²) in [6.45, 7) is 3.07. The molecule has 11 heteroatoms. The van der Waals surface area contributed by atoms with Gasteiger partial charge in [0.2, 0.25) is 0 Å². The lowest BCUT2D eigenvalue weighted by molar-refractivity contribution is -0.215. The predicted molar refractivity (Wildman–Crippen MR) is 132 cm³/mol. The van der Waals surface area contributed by atoms with Crippen molar-refractivity contribution in [2.24, 2.45) is 17.8 Å². The Morgan fingerprint density at radius 1 is 0.875 bits per heavy atom. The molecule has 0 N–H and O–H groups in total. The highest BCUT2D eigenvalue weighted by Gasteiger charge is 2.39. The Morgan fingerprint density at radius 3 is 2.17 bits per heavy atom. The Kier molecular flexibility index (Phi) is 9.66. The molecule has 0 aromatic heterocycles. The Labute approximate surface area is 228 Å². The molecule has 2 aromatic carbocycles. The van der Waals surface area contributed by atoms with Gasteiger partial charge in [-0.1, -0.05) is 38.7 Å². The molecule has 0 unspecified atom stereocenters. The summed E-state index contributed by atoms with van der Waals surface area (Å²) in [7, 11) is 0. The van der Waals surface area contributed by atoms with Crippen LogP contribution in [-0.4, -0.2) is 19.4 Å². The van der Waals surface area contributed by atoms with Gasteiger partial charge in [-0.25, -0.2) is 8.78 Å². The summed E-state index contributed by atoms with van der Waals surface area (Å²) in [6, 6.07) is 5.14. The zero-order valence-corrected chi connectivity index (χ0v) is 21.9. The van der Waals surface area contributed by atoms with E-state index in [-0.39, 0.29) is 23.8 Å². The number of allylic oxidation sites excluding steroid dienone is 1. The van der Waals surface area contributed by atoms with E-state index in [1.807, 2.05) is 0 Å². The normalized spacial score (nSPS) is 24.3. The van der Waals surface area contributed by atoms with Crippen molar-refractivity contribution in [3.05, 3.63) is 71.5 Å². The van der Waals surface area contributed by atoms with Crippen molar-refractivity contribution in [3.63, 3.8) is 0 Å². The van der Waals surface area contributed by atoms with E-state index in [0.717, 1.165) is 43.0 Å². The summed E-state index contributed by atoms with van der Waals surface area (Å²) in [4.78, 5) is 0. The fourth-order valence-electron chi connectivity index (χ4n) is 5.28. The van der Waals surface area contributed by atoms with E-state index < -0.39 is 47.3 Å². The highest BCUT2D eigenvalue weighted by Crippen LogP contribution is 2.40. The molecule has 0 spiro atoms. The van der Waals surface area contributed by atoms with Crippen LogP contribution in [0.5, 0.6) is 11.5 Å². The fraction of sp³-hybridized carbons (Fsp3) is 0.517. The van der Waals surface area contributed by atoms with Gasteiger partial charge in [0.1, 0.15) is 11.6 Å². The molecule has 0 radical (unpaired) electrons. The molecule has 220 valence electrons. The molecular formula is C29H31F7O4. The minimum atomic E-state index is -4.67.